The highest BCUT2D eigenvalue weighted by Gasteiger charge is 2.15. The Hall–Kier alpha value is -0.770. The van der Waals surface area contributed by atoms with Gasteiger partial charge in [-0.2, -0.15) is 0 Å². The lowest BCUT2D eigenvalue weighted by Gasteiger charge is -2.18. The monoisotopic (exact) mass is 285 g/mol. The van der Waals surface area contributed by atoms with Crippen LogP contribution < -0.4 is 10.5 Å². The zero-order valence-corrected chi connectivity index (χ0v) is 12.8. The number of hydrogen-bond acceptors (Lipinski definition) is 3. The number of benzene rings is 1. The first kappa shape index (κ1) is 16.3. The number of halogens is 1. The molecule has 0 aromatic heterocycles. The Labute approximate surface area is 120 Å². The molecule has 4 heteroatoms. The molecule has 0 saturated carbocycles. The molecule has 0 amide bonds. The van der Waals surface area contributed by atoms with Crippen LogP contribution in [-0.2, 0) is 6.42 Å². The molecule has 0 aliphatic carbocycles. The first-order chi connectivity index (χ1) is 9.01. The third-order valence-corrected chi connectivity index (χ3v) is 3.63. The van der Waals surface area contributed by atoms with Crippen molar-refractivity contribution in [1.82, 2.24) is 0 Å². The molecule has 1 rings (SSSR count). The molecule has 19 heavy (non-hydrogen) atoms. The van der Waals surface area contributed by atoms with E-state index in [0.29, 0.717) is 13.0 Å². The summed E-state index contributed by atoms with van der Waals surface area (Å²) in [7, 11) is 0. The van der Waals surface area contributed by atoms with Crippen molar-refractivity contribution >= 4 is 11.6 Å². The van der Waals surface area contributed by atoms with Crippen molar-refractivity contribution in [3.63, 3.8) is 0 Å². The Bertz CT molecular complexity index is 421. The predicted molar refractivity (Wildman–Crippen MR) is 80.1 cm³/mol. The van der Waals surface area contributed by atoms with Crippen LogP contribution in [0.5, 0.6) is 5.75 Å². The fourth-order valence-corrected chi connectivity index (χ4v) is 2.33. The summed E-state index contributed by atoms with van der Waals surface area (Å²) >= 11 is 6.23. The molecule has 1 unspecified atom stereocenters. The molecular formula is C15H24ClNO2. The SMILES string of the molecule is CCCOc1c(C)cc(Cl)c(C)c1CCC(O)CN. The third kappa shape index (κ3) is 4.37. The number of aliphatic hydroxyl groups is 1. The summed E-state index contributed by atoms with van der Waals surface area (Å²) in [4.78, 5) is 0. The number of rotatable bonds is 7. The van der Waals surface area contributed by atoms with Gasteiger partial charge in [-0.25, -0.2) is 0 Å². The molecule has 3 nitrogen and oxygen atoms in total. The predicted octanol–water partition coefficient (Wildman–Crippen LogP) is 3.00. The van der Waals surface area contributed by atoms with E-state index in [0.717, 1.165) is 40.3 Å². The van der Waals surface area contributed by atoms with Gasteiger partial charge >= 0.3 is 0 Å². The van der Waals surface area contributed by atoms with E-state index in [2.05, 4.69) is 6.92 Å². The average Bonchev–Trinajstić information content (AvgIpc) is 2.39. The van der Waals surface area contributed by atoms with Gasteiger partial charge in [-0.1, -0.05) is 18.5 Å². The molecule has 0 spiro atoms. The Morgan fingerprint density at radius 1 is 1.42 bits per heavy atom. The molecule has 0 bridgehead atoms. The van der Waals surface area contributed by atoms with Gasteiger partial charge in [0, 0.05) is 11.6 Å². The summed E-state index contributed by atoms with van der Waals surface area (Å²) < 4.78 is 5.85. The molecule has 0 radical (unpaired) electrons. The van der Waals surface area contributed by atoms with Crippen LogP contribution >= 0.6 is 11.6 Å². The van der Waals surface area contributed by atoms with E-state index in [1.54, 1.807) is 0 Å². The number of hydrogen-bond donors (Lipinski definition) is 2. The molecule has 0 fully saturated rings. The Kier molecular flexibility index (Phi) is 6.63. The normalized spacial score (nSPS) is 12.5. The highest BCUT2D eigenvalue weighted by molar-refractivity contribution is 6.31. The fourth-order valence-electron chi connectivity index (χ4n) is 2.05. The van der Waals surface area contributed by atoms with Crippen LogP contribution in [0.2, 0.25) is 5.02 Å². The minimum absolute atomic E-state index is 0.281. The lowest BCUT2D eigenvalue weighted by Crippen LogP contribution is -2.20. The summed E-state index contributed by atoms with van der Waals surface area (Å²) in [5.74, 6) is 0.910. The van der Waals surface area contributed by atoms with Crippen molar-refractivity contribution < 1.29 is 9.84 Å². The Morgan fingerprint density at radius 2 is 2.11 bits per heavy atom. The second-order valence-corrected chi connectivity index (χ2v) is 5.29. The maximum atomic E-state index is 9.62. The first-order valence-electron chi connectivity index (χ1n) is 6.80. The molecule has 3 N–H and O–H groups in total. The van der Waals surface area contributed by atoms with Gasteiger partial charge in [0.2, 0.25) is 0 Å². The molecule has 1 aromatic rings. The van der Waals surface area contributed by atoms with Crippen LogP contribution in [0.25, 0.3) is 0 Å². The molecule has 0 heterocycles. The minimum atomic E-state index is -0.474. The first-order valence-corrected chi connectivity index (χ1v) is 7.18. The highest BCUT2D eigenvalue weighted by atomic mass is 35.5. The molecule has 108 valence electrons. The lowest BCUT2D eigenvalue weighted by atomic mass is 9.98. The topological polar surface area (TPSA) is 55.5 Å². The summed E-state index contributed by atoms with van der Waals surface area (Å²) in [6, 6.07) is 1.94. The summed E-state index contributed by atoms with van der Waals surface area (Å²) in [5.41, 5.74) is 8.61. The molecular weight excluding hydrogens is 262 g/mol. The van der Waals surface area contributed by atoms with Crippen LogP contribution in [0, 0.1) is 13.8 Å². The van der Waals surface area contributed by atoms with Crippen molar-refractivity contribution in [3.8, 4) is 5.75 Å². The zero-order chi connectivity index (χ0) is 14.4. The molecule has 0 saturated heterocycles. The van der Waals surface area contributed by atoms with Crippen molar-refractivity contribution in [2.24, 2.45) is 5.73 Å². The lowest BCUT2D eigenvalue weighted by molar-refractivity contribution is 0.172. The van der Waals surface area contributed by atoms with Crippen LogP contribution in [0.4, 0.5) is 0 Å². The van der Waals surface area contributed by atoms with E-state index < -0.39 is 6.10 Å². The molecule has 1 atom stereocenters. The van der Waals surface area contributed by atoms with Crippen LogP contribution in [-0.4, -0.2) is 24.4 Å². The van der Waals surface area contributed by atoms with Gasteiger partial charge in [-0.3, -0.25) is 0 Å². The number of aryl methyl sites for hydroxylation is 1. The van der Waals surface area contributed by atoms with Gasteiger partial charge in [-0.15, -0.1) is 0 Å². The van der Waals surface area contributed by atoms with Gasteiger partial charge in [0.05, 0.1) is 12.7 Å². The van der Waals surface area contributed by atoms with Crippen molar-refractivity contribution in [1.29, 1.82) is 0 Å². The van der Waals surface area contributed by atoms with E-state index in [9.17, 15) is 5.11 Å². The van der Waals surface area contributed by atoms with E-state index >= 15 is 0 Å². The fraction of sp³-hybridized carbons (Fsp3) is 0.600. The van der Waals surface area contributed by atoms with Crippen LogP contribution in [0.3, 0.4) is 0 Å². The standard InChI is InChI=1S/C15H24ClNO2/c1-4-7-19-15-10(2)8-14(16)11(3)13(15)6-5-12(18)9-17/h8,12,18H,4-7,9,17H2,1-3H3. The van der Waals surface area contributed by atoms with E-state index in [4.69, 9.17) is 22.1 Å². The van der Waals surface area contributed by atoms with Gasteiger partial charge in [0.1, 0.15) is 5.75 Å². The van der Waals surface area contributed by atoms with Gasteiger partial charge in [-0.05, 0) is 55.9 Å². The maximum Gasteiger partial charge on any atom is 0.125 e. The van der Waals surface area contributed by atoms with Gasteiger partial charge in [0.15, 0.2) is 0 Å². The Balaban J connectivity index is 3.02. The summed E-state index contributed by atoms with van der Waals surface area (Å²) in [6.45, 7) is 7.04. The molecule has 0 aliphatic heterocycles. The van der Waals surface area contributed by atoms with Crippen molar-refractivity contribution in [2.45, 2.75) is 46.1 Å². The smallest absolute Gasteiger partial charge is 0.125 e. The molecule has 0 aliphatic rings. The number of aliphatic hydroxyl groups excluding tert-OH is 1. The number of ether oxygens (including phenoxy) is 1. The number of nitrogens with two attached hydrogens (primary N) is 1. The van der Waals surface area contributed by atoms with Crippen LogP contribution in [0.15, 0.2) is 6.07 Å². The Morgan fingerprint density at radius 3 is 2.68 bits per heavy atom. The second kappa shape index (κ2) is 7.73. The largest absolute Gasteiger partial charge is 0.493 e. The third-order valence-electron chi connectivity index (χ3n) is 3.24. The minimum Gasteiger partial charge on any atom is -0.493 e. The van der Waals surface area contributed by atoms with E-state index in [-0.39, 0.29) is 6.54 Å². The van der Waals surface area contributed by atoms with Crippen molar-refractivity contribution in [2.75, 3.05) is 13.2 Å². The zero-order valence-electron chi connectivity index (χ0n) is 12.0. The molecule has 1 aromatic carbocycles. The maximum absolute atomic E-state index is 9.62. The van der Waals surface area contributed by atoms with E-state index in [1.807, 2.05) is 19.9 Å². The van der Waals surface area contributed by atoms with E-state index in [1.165, 1.54) is 0 Å². The highest BCUT2D eigenvalue weighted by Crippen LogP contribution is 2.33. The quantitative estimate of drug-likeness (QED) is 0.810. The van der Waals surface area contributed by atoms with Gasteiger partial charge in [0.25, 0.3) is 0 Å². The summed E-state index contributed by atoms with van der Waals surface area (Å²) in [6.07, 6.45) is 1.84. The average molecular weight is 286 g/mol. The van der Waals surface area contributed by atoms with Crippen LogP contribution in [0.1, 0.15) is 36.5 Å². The second-order valence-electron chi connectivity index (χ2n) is 4.88. The summed E-state index contributed by atoms with van der Waals surface area (Å²) in [5, 5.41) is 10.4. The van der Waals surface area contributed by atoms with Gasteiger partial charge < -0.3 is 15.6 Å². The van der Waals surface area contributed by atoms with Crippen molar-refractivity contribution in [3.05, 3.63) is 27.8 Å².